The van der Waals surface area contributed by atoms with Crippen LogP contribution in [-0.4, -0.2) is 20.5 Å². The summed E-state index contributed by atoms with van der Waals surface area (Å²) in [7, 11) is 0. The van der Waals surface area contributed by atoms with Crippen LogP contribution in [0.3, 0.4) is 0 Å². The monoisotopic (exact) mass is 247 g/mol. The Kier molecular flexibility index (Phi) is 3.82. The SMILES string of the molecule is CCCn1ncnc1CC(=O)c1cccc(F)c1. The minimum atomic E-state index is -0.407. The summed E-state index contributed by atoms with van der Waals surface area (Å²) in [6.07, 6.45) is 2.50. The predicted molar refractivity (Wildman–Crippen MR) is 64.7 cm³/mol. The van der Waals surface area contributed by atoms with Crippen LogP contribution in [0.15, 0.2) is 30.6 Å². The molecule has 5 heteroatoms. The van der Waals surface area contributed by atoms with E-state index in [0.29, 0.717) is 11.4 Å². The largest absolute Gasteiger partial charge is 0.294 e. The van der Waals surface area contributed by atoms with Gasteiger partial charge in [-0.15, -0.1) is 0 Å². The van der Waals surface area contributed by atoms with Crippen LogP contribution < -0.4 is 0 Å². The lowest BCUT2D eigenvalue weighted by Gasteiger charge is -2.04. The first-order valence-electron chi connectivity index (χ1n) is 5.86. The topological polar surface area (TPSA) is 47.8 Å². The molecule has 0 saturated heterocycles. The summed E-state index contributed by atoms with van der Waals surface area (Å²) in [6.45, 7) is 2.76. The molecule has 0 unspecified atom stereocenters. The third kappa shape index (κ3) is 2.80. The number of carbonyl (C=O) groups excluding carboxylic acids is 1. The highest BCUT2D eigenvalue weighted by atomic mass is 19.1. The second-order valence-electron chi connectivity index (χ2n) is 4.01. The van der Waals surface area contributed by atoms with E-state index in [1.165, 1.54) is 24.5 Å². The molecule has 0 bridgehead atoms. The highest BCUT2D eigenvalue weighted by Gasteiger charge is 2.12. The summed E-state index contributed by atoms with van der Waals surface area (Å²) in [5.41, 5.74) is 0.362. The van der Waals surface area contributed by atoms with Crippen LogP contribution in [0, 0.1) is 5.82 Å². The van der Waals surface area contributed by atoms with Gasteiger partial charge in [-0.05, 0) is 18.6 Å². The Morgan fingerprint density at radius 2 is 2.28 bits per heavy atom. The number of benzene rings is 1. The van der Waals surface area contributed by atoms with E-state index in [2.05, 4.69) is 10.1 Å². The van der Waals surface area contributed by atoms with E-state index in [0.717, 1.165) is 13.0 Å². The maximum atomic E-state index is 13.0. The predicted octanol–water partition coefficient (Wildman–Crippen LogP) is 2.25. The quantitative estimate of drug-likeness (QED) is 0.761. The molecule has 0 radical (unpaired) electrons. The average Bonchev–Trinajstić information content (AvgIpc) is 2.77. The van der Waals surface area contributed by atoms with Gasteiger partial charge in [0, 0.05) is 12.1 Å². The van der Waals surface area contributed by atoms with Crippen molar-refractivity contribution < 1.29 is 9.18 Å². The molecule has 0 aliphatic carbocycles. The minimum absolute atomic E-state index is 0.142. The first kappa shape index (κ1) is 12.4. The molecule has 0 fully saturated rings. The molecule has 0 atom stereocenters. The fourth-order valence-electron chi connectivity index (χ4n) is 1.73. The molecule has 0 amide bonds. The van der Waals surface area contributed by atoms with Gasteiger partial charge >= 0.3 is 0 Å². The number of carbonyl (C=O) groups is 1. The van der Waals surface area contributed by atoms with Crippen LogP contribution in [0.4, 0.5) is 4.39 Å². The first-order chi connectivity index (χ1) is 8.70. The van der Waals surface area contributed by atoms with Crippen molar-refractivity contribution in [3.63, 3.8) is 0 Å². The van der Waals surface area contributed by atoms with Gasteiger partial charge in [-0.25, -0.2) is 14.1 Å². The Balaban J connectivity index is 2.14. The van der Waals surface area contributed by atoms with Crippen molar-refractivity contribution in [1.82, 2.24) is 14.8 Å². The fraction of sp³-hybridized carbons (Fsp3) is 0.308. The van der Waals surface area contributed by atoms with Gasteiger partial charge in [0.05, 0.1) is 6.42 Å². The maximum absolute atomic E-state index is 13.0. The molecule has 2 rings (SSSR count). The molecular weight excluding hydrogens is 233 g/mol. The number of aromatic nitrogens is 3. The first-order valence-corrected chi connectivity index (χ1v) is 5.86. The number of hydrogen-bond acceptors (Lipinski definition) is 3. The van der Waals surface area contributed by atoms with Gasteiger partial charge in [0.2, 0.25) is 0 Å². The lowest BCUT2D eigenvalue weighted by atomic mass is 10.1. The molecule has 1 aromatic carbocycles. The van der Waals surface area contributed by atoms with Gasteiger partial charge in [-0.2, -0.15) is 5.10 Å². The molecule has 0 aliphatic rings. The fourth-order valence-corrected chi connectivity index (χ4v) is 1.73. The second-order valence-corrected chi connectivity index (χ2v) is 4.01. The van der Waals surface area contributed by atoms with Gasteiger partial charge in [0.15, 0.2) is 5.78 Å². The van der Waals surface area contributed by atoms with Crippen LogP contribution in [0.25, 0.3) is 0 Å². The van der Waals surface area contributed by atoms with E-state index < -0.39 is 5.82 Å². The molecule has 18 heavy (non-hydrogen) atoms. The molecular formula is C13H14FN3O. The molecule has 1 aromatic heterocycles. The van der Waals surface area contributed by atoms with Crippen LogP contribution in [0.1, 0.15) is 29.5 Å². The summed E-state index contributed by atoms with van der Waals surface area (Å²) >= 11 is 0. The number of ketones is 1. The number of hydrogen-bond donors (Lipinski definition) is 0. The normalized spacial score (nSPS) is 10.6. The minimum Gasteiger partial charge on any atom is -0.294 e. The van der Waals surface area contributed by atoms with E-state index >= 15 is 0 Å². The van der Waals surface area contributed by atoms with E-state index in [4.69, 9.17) is 0 Å². The van der Waals surface area contributed by atoms with E-state index in [1.807, 2.05) is 6.92 Å². The number of Topliss-reactive ketones (excluding diaryl/α,β-unsaturated/α-hetero) is 1. The number of nitrogens with zero attached hydrogens (tertiary/aromatic N) is 3. The summed E-state index contributed by atoms with van der Waals surface area (Å²) < 4.78 is 14.7. The smallest absolute Gasteiger partial charge is 0.170 e. The molecule has 0 aliphatic heterocycles. The van der Waals surface area contributed by atoms with Crippen molar-refractivity contribution in [1.29, 1.82) is 0 Å². The Morgan fingerprint density at radius 1 is 1.44 bits per heavy atom. The standard InChI is InChI=1S/C13H14FN3O/c1-2-6-17-13(15-9-16-17)8-12(18)10-4-3-5-11(14)7-10/h3-5,7,9H,2,6,8H2,1H3. The third-order valence-corrected chi connectivity index (χ3v) is 2.60. The Bertz CT molecular complexity index is 551. The van der Waals surface area contributed by atoms with Crippen molar-refractivity contribution in [3.8, 4) is 0 Å². The van der Waals surface area contributed by atoms with Crippen LogP contribution in [0.5, 0.6) is 0 Å². The molecule has 0 N–H and O–H groups in total. The Labute approximate surface area is 104 Å². The van der Waals surface area contributed by atoms with Crippen LogP contribution >= 0.6 is 0 Å². The van der Waals surface area contributed by atoms with Crippen molar-refractivity contribution >= 4 is 5.78 Å². The molecule has 1 heterocycles. The zero-order valence-corrected chi connectivity index (χ0v) is 10.1. The van der Waals surface area contributed by atoms with Gasteiger partial charge in [0.25, 0.3) is 0 Å². The van der Waals surface area contributed by atoms with E-state index in [1.54, 1.807) is 10.7 Å². The van der Waals surface area contributed by atoms with Gasteiger partial charge in [-0.1, -0.05) is 19.1 Å². The lowest BCUT2D eigenvalue weighted by molar-refractivity contribution is 0.0989. The number of halogens is 1. The Hall–Kier alpha value is -2.04. The summed E-state index contributed by atoms with van der Waals surface area (Å²) in [5.74, 6) is 0.0573. The lowest BCUT2D eigenvalue weighted by Crippen LogP contribution is -2.11. The van der Waals surface area contributed by atoms with Crippen molar-refractivity contribution in [2.24, 2.45) is 0 Å². The molecule has 0 spiro atoms. The highest BCUT2D eigenvalue weighted by Crippen LogP contribution is 2.08. The van der Waals surface area contributed by atoms with Gasteiger partial charge in [-0.3, -0.25) is 4.79 Å². The zero-order chi connectivity index (χ0) is 13.0. The highest BCUT2D eigenvalue weighted by molar-refractivity contribution is 5.97. The summed E-state index contributed by atoms with van der Waals surface area (Å²) in [6, 6.07) is 5.69. The molecule has 2 aromatic rings. The third-order valence-electron chi connectivity index (χ3n) is 2.60. The van der Waals surface area contributed by atoms with Crippen molar-refractivity contribution in [3.05, 3.63) is 47.8 Å². The van der Waals surface area contributed by atoms with E-state index in [-0.39, 0.29) is 12.2 Å². The second kappa shape index (κ2) is 5.53. The molecule has 0 saturated carbocycles. The zero-order valence-electron chi connectivity index (χ0n) is 10.1. The average molecular weight is 247 g/mol. The molecule has 4 nitrogen and oxygen atoms in total. The van der Waals surface area contributed by atoms with Gasteiger partial charge < -0.3 is 0 Å². The maximum Gasteiger partial charge on any atom is 0.170 e. The number of rotatable bonds is 5. The van der Waals surface area contributed by atoms with E-state index in [9.17, 15) is 9.18 Å². The molecule has 94 valence electrons. The van der Waals surface area contributed by atoms with Crippen LogP contribution in [0.2, 0.25) is 0 Å². The van der Waals surface area contributed by atoms with Crippen LogP contribution in [-0.2, 0) is 13.0 Å². The number of aryl methyl sites for hydroxylation is 1. The van der Waals surface area contributed by atoms with Gasteiger partial charge in [0.1, 0.15) is 18.0 Å². The van der Waals surface area contributed by atoms with Crippen molar-refractivity contribution in [2.45, 2.75) is 26.3 Å². The Morgan fingerprint density at radius 3 is 3.00 bits per heavy atom. The van der Waals surface area contributed by atoms with Crippen molar-refractivity contribution in [2.75, 3.05) is 0 Å². The summed E-state index contributed by atoms with van der Waals surface area (Å²) in [5, 5.41) is 4.05. The summed E-state index contributed by atoms with van der Waals surface area (Å²) in [4.78, 5) is 16.0.